The van der Waals surface area contributed by atoms with Gasteiger partial charge in [0, 0.05) is 12.1 Å². The third-order valence-electron chi connectivity index (χ3n) is 4.71. The van der Waals surface area contributed by atoms with Gasteiger partial charge in [0.15, 0.2) is 0 Å². The summed E-state index contributed by atoms with van der Waals surface area (Å²) in [5.41, 5.74) is 5.80. The fraction of sp³-hybridized carbons (Fsp3) is 1.00. The van der Waals surface area contributed by atoms with Gasteiger partial charge < -0.3 is 10.6 Å². The number of hydrogen-bond acceptors (Lipinski definition) is 2. The van der Waals surface area contributed by atoms with Gasteiger partial charge in [0.2, 0.25) is 0 Å². The third-order valence-corrected chi connectivity index (χ3v) is 4.71. The predicted molar refractivity (Wildman–Crippen MR) is 74.1 cm³/mol. The maximum absolute atomic E-state index is 5.80. The standard InChI is InChI=1S/C15H30N2/c1-13(16)7-4-5-11-17-12-6-10-15(17)14-8-2-3-9-14/h13-15H,2-12,16H2,1H3. The number of unbranched alkanes of at least 4 members (excludes halogenated alkanes) is 1. The Labute approximate surface area is 107 Å². The molecule has 0 spiro atoms. The molecule has 0 bridgehead atoms. The molecule has 0 aromatic heterocycles. The van der Waals surface area contributed by atoms with Crippen LogP contribution in [0.3, 0.4) is 0 Å². The van der Waals surface area contributed by atoms with E-state index >= 15 is 0 Å². The van der Waals surface area contributed by atoms with Crippen LogP contribution in [0.1, 0.15) is 64.7 Å². The Hall–Kier alpha value is -0.0800. The first-order valence-electron chi connectivity index (χ1n) is 7.77. The quantitative estimate of drug-likeness (QED) is 0.720. The lowest BCUT2D eigenvalue weighted by Gasteiger charge is -2.29. The van der Waals surface area contributed by atoms with Crippen LogP contribution in [0, 0.1) is 5.92 Å². The molecule has 1 saturated carbocycles. The van der Waals surface area contributed by atoms with E-state index in [9.17, 15) is 0 Å². The second-order valence-electron chi connectivity index (χ2n) is 6.26. The van der Waals surface area contributed by atoms with Crippen molar-refractivity contribution in [3.8, 4) is 0 Å². The van der Waals surface area contributed by atoms with Gasteiger partial charge in [0.25, 0.3) is 0 Å². The first-order chi connectivity index (χ1) is 8.27. The lowest BCUT2D eigenvalue weighted by atomic mass is 9.96. The smallest absolute Gasteiger partial charge is 0.0124 e. The van der Waals surface area contributed by atoms with Gasteiger partial charge in [-0.2, -0.15) is 0 Å². The van der Waals surface area contributed by atoms with Crippen molar-refractivity contribution in [3.05, 3.63) is 0 Å². The first-order valence-corrected chi connectivity index (χ1v) is 7.77. The van der Waals surface area contributed by atoms with Crippen LogP contribution in [0.5, 0.6) is 0 Å². The van der Waals surface area contributed by atoms with Crippen molar-refractivity contribution in [2.75, 3.05) is 13.1 Å². The molecule has 0 aromatic carbocycles. The van der Waals surface area contributed by atoms with Crippen molar-refractivity contribution in [3.63, 3.8) is 0 Å². The summed E-state index contributed by atoms with van der Waals surface area (Å²) in [6.07, 6.45) is 12.7. The molecule has 2 rings (SSSR count). The molecule has 2 nitrogen and oxygen atoms in total. The largest absolute Gasteiger partial charge is 0.328 e. The van der Waals surface area contributed by atoms with Crippen LogP contribution in [0.2, 0.25) is 0 Å². The highest BCUT2D eigenvalue weighted by Gasteiger charge is 2.32. The molecule has 100 valence electrons. The van der Waals surface area contributed by atoms with Crippen LogP contribution < -0.4 is 5.73 Å². The highest BCUT2D eigenvalue weighted by atomic mass is 15.2. The number of hydrogen-bond donors (Lipinski definition) is 1. The highest BCUT2D eigenvalue weighted by molar-refractivity contribution is 4.87. The van der Waals surface area contributed by atoms with Crippen molar-refractivity contribution >= 4 is 0 Å². The fourth-order valence-electron chi connectivity index (χ4n) is 3.79. The molecule has 2 fully saturated rings. The Morgan fingerprint density at radius 3 is 2.59 bits per heavy atom. The molecular formula is C15H30N2. The molecule has 2 aliphatic rings. The van der Waals surface area contributed by atoms with Crippen LogP contribution in [0.4, 0.5) is 0 Å². The molecule has 2 atom stereocenters. The van der Waals surface area contributed by atoms with Crippen molar-refractivity contribution < 1.29 is 0 Å². The van der Waals surface area contributed by atoms with E-state index in [4.69, 9.17) is 5.73 Å². The van der Waals surface area contributed by atoms with E-state index in [1.165, 1.54) is 70.9 Å². The third kappa shape index (κ3) is 3.96. The fourth-order valence-corrected chi connectivity index (χ4v) is 3.79. The zero-order valence-corrected chi connectivity index (χ0v) is 11.5. The van der Waals surface area contributed by atoms with E-state index in [1.807, 2.05) is 0 Å². The van der Waals surface area contributed by atoms with Crippen LogP contribution in [0.25, 0.3) is 0 Å². The van der Waals surface area contributed by atoms with Crippen molar-refractivity contribution in [2.45, 2.75) is 76.8 Å². The average molecular weight is 238 g/mol. The molecule has 2 N–H and O–H groups in total. The predicted octanol–water partition coefficient (Wildman–Crippen LogP) is 3.16. The number of nitrogens with two attached hydrogens (primary N) is 1. The zero-order chi connectivity index (χ0) is 12.1. The lowest BCUT2D eigenvalue weighted by Crippen LogP contribution is -2.35. The summed E-state index contributed by atoms with van der Waals surface area (Å²) in [5.74, 6) is 1.03. The molecule has 0 radical (unpaired) electrons. The molecule has 1 aliphatic heterocycles. The van der Waals surface area contributed by atoms with Crippen molar-refractivity contribution in [2.24, 2.45) is 11.7 Å². The summed E-state index contributed by atoms with van der Waals surface area (Å²) in [6, 6.07) is 1.33. The molecule has 1 heterocycles. The Kier molecular flexibility index (Phi) is 5.30. The van der Waals surface area contributed by atoms with Gasteiger partial charge in [0.05, 0.1) is 0 Å². The monoisotopic (exact) mass is 238 g/mol. The van der Waals surface area contributed by atoms with Gasteiger partial charge in [-0.1, -0.05) is 19.3 Å². The van der Waals surface area contributed by atoms with Crippen LogP contribution >= 0.6 is 0 Å². The summed E-state index contributed by atoms with van der Waals surface area (Å²) >= 11 is 0. The molecule has 2 heteroatoms. The van der Waals surface area contributed by atoms with E-state index in [0.717, 1.165) is 12.0 Å². The van der Waals surface area contributed by atoms with Gasteiger partial charge in [-0.3, -0.25) is 0 Å². The zero-order valence-electron chi connectivity index (χ0n) is 11.5. The molecular weight excluding hydrogens is 208 g/mol. The molecule has 0 amide bonds. The minimum atomic E-state index is 0.388. The first kappa shape index (κ1) is 13.4. The van der Waals surface area contributed by atoms with Crippen LogP contribution in [0.15, 0.2) is 0 Å². The maximum Gasteiger partial charge on any atom is 0.0124 e. The molecule has 1 aliphatic carbocycles. The van der Waals surface area contributed by atoms with Crippen LogP contribution in [-0.4, -0.2) is 30.1 Å². The van der Waals surface area contributed by atoms with E-state index in [-0.39, 0.29) is 0 Å². The molecule has 0 aromatic rings. The molecule has 1 saturated heterocycles. The summed E-state index contributed by atoms with van der Waals surface area (Å²) in [5, 5.41) is 0. The normalized spacial score (nSPS) is 28.9. The Morgan fingerprint density at radius 1 is 1.12 bits per heavy atom. The Balaban J connectivity index is 1.68. The minimum Gasteiger partial charge on any atom is -0.328 e. The summed E-state index contributed by atoms with van der Waals surface area (Å²) < 4.78 is 0. The molecule has 2 unspecified atom stereocenters. The maximum atomic E-state index is 5.80. The molecule has 17 heavy (non-hydrogen) atoms. The number of rotatable bonds is 6. The Bertz CT molecular complexity index is 209. The number of likely N-dealkylation sites (tertiary alicyclic amines) is 1. The van der Waals surface area contributed by atoms with Crippen LogP contribution in [-0.2, 0) is 0 Å². The number of nitrogens with zero attached hydrogens (tertiary/aromatic N) is 1. The van der Waals surface area contributed by atoms with E-state index in [0.29, 0.717) is 6.04 Å². The SMILES string of the molecule is CC(N)CCCCN1CCCC1C1CCCC1. The average Bonchev–Trinajstić information content (AvgIpc) is 2.94. The Morgan fingerprint density at radius 2 is 1.88 bits per heavy atom. The van der Waals surface area contributed by atoms with Crippen molar-refractivity contribution in [1.82, 2.24) is 4.90 Å². The highest BCUT2D eigenvalue weighted by Crippen LogP contribution is 2.35. The lowest BCUT2D eigenvalue weighted by molar-refractivity contribution is 0.187. The van der Waals surface area contributed by atoms with Crippen molar-refractivity contribution in [1.29, 1.82) is 0 Å². The van der Waals surface area contributed by atoms with E-state index < -0.39 is 0 Å². The van der Waals surface area contributed by atoms with Gasteiger partial charge in [-0.25, -0.2) is 0 Å². The summed E-state index contributed by atoms with van der Waals surface area (Å²) in [6.45, 7) is 4.81. The topological polar surface area (TPSA) is 29.3 Å². The second-order valence-corrected chi connectivity index (χ2v) is 6.26. The summed E-state index contributed by atoms with van der Waals surface area (Å²) in [4.78, 5) is 2.79. The van der Waals surface area contributed by atoms with Gasteiger partial charge >= 0.3 is 0 Å². The summed E-state index contributed by atoms with van der Waals surface area (Å²) in [7, 11) is 0. The van der Waals surface area contributed by atoms with E-state index in [2.05, 4.69) is 11.8 Å². The van der Waals surface area contributed by atoms with E-state index in [1.54, 1.807) is 0 Å². The van der Waals surface area contributed by atoms with Gasteiger partial charge in [-0.15, -0.1) is 0 Å². The minimum absolute atomic E-state index is 0.388. The van der Waals surface area contributed by atoms with Gasteiger partial charge in [0.1, 0.15) is 0 Å². The van der Waals surface area contributed by atoms with Gasteiger partial charge in [-0.05, 0) is 64.5 Å². The second kappa shape index (κ2) is 6.75.